The number of hydrazone groups is 1. The Balaban J connectivity index is 2.21. The Morgan fingerprint density at radius 2 is 1.95 bits per heavy atom. The zero-order chi connectivity index (χ0) is 15.4. The van der Waals surface area contributed by atoms with Crippen molar-refractivity contribution >= 4 is 34.8 Å². The molecule has 1 heterocycles. The topological polar surface area (TPSA) is 74.6 Å². The number of carbonyl (C=O) groups is 1. The van der Waals surface area contributed by atoms with Gasteiger partial charge in [0.05, 0.1) is 10.7 Å². The van der Waals surface area contributed by atoms with E-state index in [-0.39, 0.29) is 16.7 Å². The van der Waals surface area contributed by atoms with Crippen LogP contribution in [0.5, 0.6) is 5.75 Å². The minimum Gasteiger partial charge on any atom is -0.506 e. The Bertz CT molecular complexity index is 703. The van der Waals surface area contributed by atoms with Crippen LogP contribution in [0.4, 0.5) is 0 Å². The van der Waals surface area contributed by atoms with E-state index in [0.29, 0.717) is 21.9 Å². The molecule has 5 nitrogen and oxygen atoms in total. The monoisotopic (exact) mass is 323 g/mol. The van der Waals surface area contributed by atoms with Crippen LogP contribution in [-0.2, 0) is 0 Å². The summed E-state index contributed by atoms with van der Waals surface area (Å²) in [6, 6.07) is 6.06. The number of rotatable bonds is 3. The maximum absolute atomic E-state index is 11.8. The fraction of sp³-hybridized carbons (Fsp3) is 0.0714. The Labute approximate surface area is 131 Å². The number of benzene rings is 1. The smallest absolute Gasteiger partial charge is 0.271 e. The van der Waals surface area contributed by atoms with Gasteiger partial charge in [0.1, 0.15) is 5.75 Å². The molecule has 2 rings (SSSR count). The quantitative estimate of drug-likeness (QED) is 0.672. The number of hydrogen-bond donors (Lipinski definition) is 2. The third-order valence-electron chi connectivity index (χ3n) is 2.69. The molecule has 1 aromatic heterocycles. The molecule has 0 aliphatic carbocycles. The van der Waals surface area contributed by atoms with Crippen molar-refractivity contribution in [3.05, 3.63) is 57.8 Å². The maximum atomic E-state index is 11.8. The molecule has 0 aliphatic rings. The molecule has 2 N–H and O–H groups in total. The van der Waals surface area contributed by atoms with Crippen LogP contribution < -0.4 is 5.43 Å². The first kappa shape index (κ1) is 15.3. The van der Waals surface area contributed by atoms with Gasteiger partial charge in [-0.3, -0.25) is 9.78 Å². The van der Waals surface area contributed by atoms with Gasteiger partial charge >= 0.3 is 0 Å². The minimum absolute atomic E-state index is 0.118. The molecule has 0 unspecified atom stereocenters. The van der Waals surface area contributed by atoms with Crippen molar-refractivity contribution in [1.29, 1.82) is 0 Å². The van der Waals surface area contributed by atoms with Gasteiger partial charge in [-0.1, -0.05) is 23.2 Å². The van der Waals surface area contributed by atoms with E-state index in [1.807, 2.05) is 0 Å². The van der Waals surface area contributed by atoms with Crippen LogP contribution in [0.15, 0.2) is 41.8 Å². The zero-order valence-corrected chi connectivity index (χ0v) is 12.5. The molecule has 1 amide bonds. The highest BCUT2D eigenvalue weighted by atomic mass is 35.5. The van der Waals surface area contributed by atoms with E-state index in [4.69, 9.17) is 23.2 Å². The highest BCUT2D eigenvalue weighted by Crippen LogP contribution is 2.31. The van der Waals surface area contributed by atoms with E-state index in [1.165, 1.54) is 24.5 Å². The molecular weight excluding hydrogens is 313 g/mol. The summed E-state index contributed by atoms with van der Waals surface area (Å²) in [7, 11) is 0. The second-order valence-corrected chi connectivity index (χ2v) is 5.00. The summed E-state index contributed by atoms with van der Waals surface area (Å²) in [5.74, 6) is -0.523. The molecule has 0 aliphatic heterocycles. The molecule has 0 saturated carbocycles. The molecule has 0 fully saturated rings. The normalized spacial score (nSPS) is 11.3. The van der Waals surface area contributed by atoms with Crippen LogP contribution in [0.25, 0.3) is 0 Å². The summed E-state index contributed by atoms with van der Waals surface area (Å²) in [4.78, 5) is 15.7. The molecule has 7 heteroatoms. The lowest BCUT2D eigenvalue weighted by Gasteiger charge is -2.07. The van der Waals surface area contributed by atoms with E-state index in [0.717, 1.165) is 0 Å². The van der Waals surface area contributed by atoms with Gasteiger partial charge in [0.2, 0.25) is 0 Å². The fourth-order valence-corrected chi connectivity index (χ4v) is 2.10. The first-order valence-electron chi connectivity index (χ1n) is 5.92. The molecule has 2 aromatic rings. The van der Waals surface area contributed by atoms with Gasteiger partial charge in [0.25, 0.3) is 5.91 Å². The van der Waals surface area contributed by atoms with Gasteiger partial charge in [-0.25, -0.2) is 5.43 Å². The first-order valence-corrected chi connectivity index (χ1v) is 6.67. The van der Waals surface area contributed by atoms with Crippen molar-refractivity contribution in [2.75, 3.05) is 0 Å². The number of amides is 1. The number of hydrogen-bond acceptors (Lipinski definition) is 4. The molecule has 0 spiro atoms. The summed E-state index contributed by atoms with van der Waals surface area (Å²) in [5.41, 5.74) is 3.54. The number of halogens is 2. The summed E-state index contributed by atoms with van der Waals surface area (Å²) in [6.07, 6.45) is 3.02. The Morgan fingerprint density at radius 1 is 1.29 bits per heavy atom. The fourth-order valence-electron chi connectivity index (χ4n) is 1.60. The largest absolute Gasteiger partial charge is 0.506 e. The van der Waals surface area contributed by atoms with Crippen LogP contribution in [0, 0.1) is 0 Å². The Hall–Kier alpha value is -2.11. The van der Waals surface area contributed by atoms with E-state index in [9.17, 15) is 9.90 Å². The molecule has 0 radical (unpaired) electrons. The molecular formula is C14H11Cl2N3O2. The van der Waals surface area contributed by atoms with Gasteiger partial charge in [0.15, 0.2) is 0 Å². The first-order chi connectivity index (χ1) is 9.99. The SMILES string of the molecule is CC(=NNC(=O)c1ccncc1)c1cc(Cl)cc(Cl)c1O. The average Bonchev–Trinajstić information content (AvgIpc) is 2.49. The lowest BCUT2D eigenvalue weighted by molar-refractivity contribution is 0.0954. The Morgan fingerprint density at radius 3 is 2.62 bits per heavy atom. The van der Waals surface area contributed by atoms with Crippen molar-refractivity contribution in [2.24, 2.45) is 5.10 Å². The number of nitrogens with one attached hydrogen (secondary N) is 1. The van der Waals surface area contributed by atoms with Crippen molar-refractivity contribution < 1.29 is 9.90 Å². The zero-order valence-electron chi connectivity index (χ0n) is 11.0. The summed E-state index contributed by atoms with van der Waals surface area (Å²) >= 11 is 11.7. The van der Waals surface area contributed by atoms with Crippen molar-refractivity contribution in [2.45, 2.75) is 6.92 Å². The maximum Gasteiger partial charge on any atom is 0.271 e. The lowest BCUT2D eigenvalue weighted by atomic mass is 10.1. The second-order valence-electron chi connectivity index (χ2n) is 4.16. The predicted octanol–water partition coefficient (Wildman–Crippen LogP) is 3.25. The van der Waals surface area contributed by atoms with Crippen molar-refractivity contribution in [3.8, 4) is 5.75 Å². The number of phenolic OH excluding ortho intramolecular Hbond substituents is 1. The van der Waals surface area contributed by atoms with Gasteiger partial charge in [0, 0.05) is 28.5 Å². The molecule has 108 valence electrons. The minimum atomic E-state index is -0.385. The molecule has 21 heavy (non-hydrogen) atoms. The average molecular weight is 324 g/mol. The van der Waals surface area contributed by atoms with E-state index < -0.39 is 0 Å². The second kappa shape index (κ2) is 6.56. The third kappa shape index (κ3) is 3.71. The van der Waals surface area contributed by atoms with Crippen LogP contribution in [-0.4, -0.2) is 21.7 Å². The van der Waals surface area contributed by atoms with Gasteiger partial charge in [-0.2, -0.15) is 5.10 Å². The molecule has 0 bridgehead atoms. The van der Waals surface area contributed by atoms with Crippen LogP contribution in [0.1, 0.15) is 22.8 Å². The number of aromatic hydroxyl groups is 1. The lowest BCUT2D eigenvalue weighted by Crippen LogP contribution is -2.19. The van der Waals surface area contributed by atoms with Crippen molar-refractivity contribution in [1.82, 2.24) is 10.4 Å². The number of aromatic nitrogens is 1. The highest BCUT2D eigenvalue weighted by Gasteiger charge is 2.11. The number of carbonyl (C=O) groups excluding carboxylic acids is 1. The van der Waals surface area contributed by atoms with Gasteiger partial charge in [-0.15, -0.1) is 0 Å². The Kier molecular flexibility index (Phi) is 4.77. The number of phenols is 1. The molecule has 0 atom stereocenters. The summed E-state index contributed by atoms with van der Waals surface area (Å²) in [5, 5.41) is 14.3. The van der Waals surface area contributed by atoms with Gasteiger partial charge < -0.3 is 5.11 Å². The van der Waals surface area contributed by atoms with E-state index in [1.54, 1.807) is 19.1 Å². The van der Waals surface area contributed by atoms with Crippen LogP contribution >= 0.6 is 23.2 Å². The van der Waals surface area contributed by atoms with E-state index in [2.05, 4.69) is 15.5 Å². The van der Waals surface area contributed by atoms with Gasteiger partial charge in [-0.05, 0) is 31.2 Å². The van der Waals surface area contributed by atoms with Crippen molar-refractivity contribution in [3.63, 3.8) is 0 Å². The third-order valence-corrected chi connectivity index (χ3v) is 3.19. The number of nitrogens with zero attached hydrogens (tertiary/aromatic N) is 2. The van der Waals surface area contributed by atoms with Crippen LogP contribution in [0.2, 0.25) is 10.0 Å². The molecule has 1 aromatic carbocycles. The molecule has 0 saturated heterocycles. The standard InChI is InChI=1S/C14H11Cl2N3O2/c1-8(11-6-10(15)7-12(16)13(11)20)18-19-14(21)9-2-4-17-5-3-9/h2-7,20H,1H3,(H,19,21). The predicted molar refractivity (Wildman–Crippen MR) is 82.0 cm³/mol. The van der Waals surface area contributed by atoms with Crippen LogP contribution in [0.3, 0.4) is 0 Å². The summed E-state index contributed by atoms with van der Waals surface area (Å²) < 4.78 is 0. The summed E-state index contributed by atoms with van der Waals surface area (Å²) in [6.45, 7) is 1.62. The van der Waals surface area contributed by atoms with E-state index >= 15 is 0 Å². The highest BCUT2D eigenvalue weighted by molar-refractivity contribution is 6.36. The number of pyridine rings is 1.